The average molecular weight is 399 g/mol. The van der Waals surface area contributed by atoms with E-state index in [1.54, 1.807) is 19.2 Å². The number of methoxy groups -OCH3 is 1. The van der Waals surface area contributed by atoms with Crippen molar-refractivity contribution in [3.63, 3.8) is 0 Å². The third kappa shape index (κ3) is 6.37. The van der Waals surface area contributed by atoms with Crippen molar-refractivity contribution in [2.24, 2.45) is 0 Å². The van der Waals surface area contributed by atoms with Crippen LogP contribution in [0.1, 0.15) is 6.92 Å². The van der Waals surface area contributed by atoms with E-state index in [-0.39, 0.29) is 12.5 Å². The van der Waals surface area contributed by atoms with Gasteiger partial charge in [-0.15, -0.1) is 0 Å². The molecule has 3 rings (SSSR count). The molecule has 1 heterocycles. The number of benzene rings is 2. The summed E-state index contributed by atoms with van der Waals surface area (Å²) in [6, 6.07) is 15.3. The summed E-state index contributed by atoms with van der Waals surface area (Å²) in [5, 5.41) is 13.1. The highest BCUT2D eigenvalue weighted by Crippen LogP contribution is 2.21. The number of rotatable bonds is 8. The lowest BCUT2D eigenvalue weighted by Crippen LogP contribution is -2.49. The van der Waals surface area contributed by atoms with Crippen molar-refractivity contribution in [2.75, 3.05) is 56.7 Å². The highest BCUT2D eigenvalue weighted by atomic mass is 16.5. The topological polar surface area (TPSA) is 74.3 Å². The van der Waals surface area contributed by atoms with Gasteiger partial charge in [-0.05, 0) is 36.4 Å². The predicted octanol–water partition coefficient (Wildman–Crippen LogP) is 2.22. The standard InChI is InChI=1S/C22H29N3O4/c1-17(26)23-18-4-3-5-22(14-18)29-16-20(27)15-24-10-12-25(13-11-24)19-6-8-21(28-2)9-7-19/h3-9,14,20,27H,10-13,15-16H2,1-2H3,(H,23,26). The lowest BCUT2D eigenvalue weighted by molar-refractivity contribution is -0.114. The van der Waals surface area contributed by atoms with Crippen molar-refractivity contribution >= 4 is 17.3 Å². The Labute approximate surface area is 171 Å². The summed E-state index contributed by atoms with van der Waals surface area (Å²) >= 11 is 0. The first-order valence-corrected chi connectivity index (χ1v) is 9.83. The molecule has 0 spiro atoms. The number of piperazine rings is 1. The number of aliphatic hydroxyl groups is 1. The Morgan fingerprint density at radius 3 is 2.48 bits per heavy atom. The fourth-order valence-electron chi connectivity index (χ4n) is 3.39. The highest BCUT2D eigenvalue weighted by Gasteiger charge is 2.20. The van der Waals surface area contributed by atoms with Gasteiger partial charge in [-0.25, -0.2) is 0 Å². The van der Waals surface area contributed by atoms with Gasteiger partial charge in [0.25, 0.3) is 0 Å². The molecule has 0 bridgehead atoms. The zero-order valence-electron chi connectivity index (χ0n) is 17.0. The summed E-state index contributed by atoms with van der Waals surface area (Å²) in [6.45, 7) is 5.86. The van der Waals surface area contributed by atoms with Gasteiger partial charge in [0, 0.05) is 57.1 Å². The largest absolute Gasteiger partial charge is 0.497 e. The Balaban J connectivity index is 1.41. The van der Waals surface area contributed by atoms with E-state index in [1.165, 1.54) is 12.6 Å². The van der Waals surface area contributed by atoms with Gasteiger partial charge < -0.3 is 24.8 Å². The molecule has 29 heavy (non-hydrogen) atoms. The number of aliphatic hydroxyl groups excluding tert-OH is 1. The fraction of sp³-hybridized carbons (Fsp3) is 0.409. The van der Waals surface area contributed by atoms with Gasteiger partial charge in [0.1, 0.15) is 24.2 Å². The van der Waals surface area contributed by atoms with E-state index < -0.39 is 6.10 Å². The second kappa shape index (κ2) is 10.1. The molecule has 7 heteroatoms. The maximum Gasteiger partial charge on any atom is 0.221 e. The van der Waals surface area contributed by atoms with Crippen molar-refractivity contribution in [3.8, 4) is 11.5 Å². The van der Waals surface area contributed by atoms with E-state index in [1.807, 2.05) is 24.3 Å². The second-order valence-electron chi connectivity index (χ2n) is 7.16. The molecule has 7 nitrogen and oxygen atoms in total. The highest BCUT2D eigenvalue weighted by molar-refractivity contribution is 5.88. The molecule has 0 radical (unpaired) electrons. The first-order chi connectivity index (χ1) is 14.0. The number of anilines is 2. The minimum absolute atomic E-state index is 0.129. The molecule has 0 aromatic heterocycles. The van der Waals surface area contributed by atoms with Crippen LogP contribution in [0.3, 0.4) is 0 Å². The maximum atomic E-state index is 11.1. The third-order valence-electron chi connectivity index (χ3n) is 4.88. The molecule has 1 fully saturated rings. The number of nitrogens with zero attached hydrogens (tertiary/aromatic N) is 2. The van der Waals surface area contributed by atoms with Crippen molar-refractivity contribution in [1.82, 2.24) is 4.90 Å². The Morgan fingerprint density at radius 1 is 1.10 bits per heavy atom. The van der Waals surface area contributed by atoms with Crippen molar-refractivity contribution in [3.05, 3.63) is 48.5 Å². The summed E-state index contributed by atoms with van der Waals surface area (Å²) in [5.74, 6) is 1.36. The summed E-state index contributed by atoms with van der Waals surface area (Å²) < 4.78 is 10.9. The lowest BCUT2D eigenvalue weighted by Gasteiger charge is -2.36. The third-order valence-corrected chi connectivity index (χ3v) is 4.88. The Kier molecular flexibility index (Phi) is 7.32. The van der Waals surface area contributed by atoms with Gasteiger partial charge in [0.15, 0.2) is 0 Å². The van der Waals surface area contributed by atoms with E-state index in [2.05, 4.69) is 27.2 Å². The summed E-state index contributed by atoms with van der Waals surface area (Å²) in [4.78, 5) is 15.7. The van der Waals surface area contributed by atoms with Crippen LogP contribution in [0.2, 0.25) is 0 Å². The van der Waals surface area contributed by atoms with Crippen LogP contribution < -0.4 is 19.7 Å². The number of nitrogens with one attached hydrogen (secondary N) is 1. The van der Waals surface area contributed by atoms with Gasteiger partial charge in [-0.3, -0.25) is 9.69 Å². The van der Waals surface area contributed by atoms with Crippen molar-refractivity contribution in [2.45, 2.75) is 13.0 Å². The molecular weight excluding hydrogens is 370 g/mol. The SMILES string of the molecule is COc1ccc(N2CCN(CC(O)COc3cccc(NC(C)=O)c3)CC2)cc1. The molecule has 1 saturated heterocycles. The molecule has 1 amide bonds. The Bertz CT molecular complexity index is 789. The van der Waals surface area contributed by atoms with Crippen LogP contribution in [-0.4, -0.2) is 68.5 Å². The number of hydrogen-bond donors (Lipinski definition) is 2. The molecule has 2 aromatic rings. The van der Waals surface area contributed by atoms with Gasteiger partial charge >= 0.3 is 0 Å². The second-order valence-corrected chi connectivity index (χ2v) is 7.16. The van der Waals surface area contributed by atoms with Crippen LogP contribution in [-0.2, 0) is 4.79 Å². The maximum absolute atomic E-state index is 11.1. The molecule has 0 saturated carbocycles. The fourth-order valence-corrected chi connectivity index (χ4v) is 3.39. The van der Waals surface area contributed by atoms with Crippen LogP contribution in [0.5, 0.6) is 11.5 Å². The van der Waals surface area contributed by atoms with Crippen LogP contribution in [0.25, 0.3) is 0 Å². The molecule has 1 unspecified atom stereocenters. The van der Waals surface area contributed by atoms with E-state index in [0.29, 0.717) is 18.0 Å². The molecule has 2 N–H and O–H groups in total. The molecular formula is C22H29N3O4. The average Bonchev–Trinajstić information content (AvgIpc) is 2.73. The Hall–Kier alpha value is -2.77. The Morgan fingerprint density at radius 2 is 1.83 bits per heavy atom. The van der Waals surface area contributed by atoms with Crippen LogP contribution >= 0.6 is 0 Å². The van der Waals surface area contributed by atoms with Crippen LogP contribution in [0, 0.1) is 0 Å². The zero-order valence-corrected chi connectivity index (χ0v) is 17.0. The van der Waals surface area contributed by atoms with Gasteiger partial charge in [-0.2, -0.15) is 0 Å². The van der Waals surface area contributed by atoms with Crippen LogP contribution in [0.4, 0.5) is 11.4 Å². The van der Waals surface area contributed by atoms with E-state index in [4.69, 9.17) is 9.47 Å². The summed E-state index contributed by atoms with van der Waals surface area (Å²) in [5.41, 5.74) is 1.87. The van der Waals surface area contributed by atoms with Gasteiger partial charge in [0.05, 0.1) is 7.11 Å². The quantitative estimate of drug-likeness (QED) is 0.709. The van der Waals surface area contributed by atoms with E-state index in [0.717, 1.165) is 31.9 Å². The number of hydrogen-bond acceptors (Lipinski definition) is 6. The smallest absolute Gasteiger partial charge is 0.221 e. The van der Waals surface area contributed by atoms with Crippen LogP contribution in [0.15, 0.2) is 48.5 Å². The number of carbonyl (C=O) groups is 1. The number of carbonyl (C=O) groups excluding carboxylic acids is 1. The van der Waals surface area contributed by atoms with Crippen molar-refractivity contribution in [1.29, 1.82) is 0 Å². The molecule has 1 atom stereocenters. The number of ether oxygens (including phenoxy) is 2. The van der Waals surface area contributed by atoms with E-state index in [9.17, 15) is 9.90 Å². The minimum atomic E-state index is -0.577. The summed E-state index contributed by atoms with van der Waals surface area (Å²) in [6.07, 6.45) is -0.577. The molecule has 0 aliphatic carbocycles. The van der Waals surface area contributed by atoms with Gasteiger partial charge in [0.2, 0.25) is 5.91 Å². The zero-order chi connectivity index (χ0) is 20.6. The number of amides is 1. The normalized spacial score (nSPS) is 15.6. The molecule has 1 aliphatic rings. The predicted molar refractivity (Wildman–Crippen MR) is 114 cm³/mol. The van der Waals surface area contributed by atoms with E-state index >= 15 is 0 Å². The molecule has 1 aliphatic heterocycles. The molecule has 156 valence electrons. The minimum Gasteiger partial charge on any atom is -0.497 e. The number of β-amino-alcohol motifs (C(OH)–C–C–N with tert-alkyl or cyclic N) is 1. The monoisotopic (exact) mass is 399 g/mol. The van der Waals surface area contributed by atoms with Crippen molar-refractivity contribution < 1.29 is 19.4 Å². The molecule has 2 aromatic carbocycles. The van der Waals surface area contributed by atoms with Gasteiger partial charge in [-0.1, -0.05) is 6.07 Å². The summed E-state index contributed by atoms with van der Waals surface area (Å²) in [7, 11) is 1.67. The lowest BCUT2D eigenvalue weighted by atomic mass is 10.2. The first kappa shape index (κ1) is 21.0. The first-order valence-electron chi connectivity index (χ1n) is 9.83.